The van der Waals surface area contributed by atoms with Gasteiger partial charge in [0.2, 0.25) is 0 Å². The number of benzene rings is 2. The number of carbonyl (C=O) groups is 2. The highest BCUT2D eigenvalue weighted by Gasteiger charge is 2.16. The molecule has 0 atom stereocenters. The van der Waals surface area contributed by atoms with Crippen molar-refractivity contribution in [2.24, 2.45) is 0 Å². The zero-order valence-electron chi connectivity index (χ0n) is 15.5. The average Bonchev–Trinajstić information content (AvgIpc) is 2.71. The first-order valence-electron chi connectivity index (χ1n) is 8.08. The molecule has 0 saturated heterocycles. The van der Waals surface area contributed by atoms with Gasteiger partial charge in [-0.25, -0.2) is 4.79 Å². The number of amides is 1. The number of carbonyl (C=O) groups excluding carboxylic acids is 2. The maximum Gasteiger partial charge on any atom is 0.340 e. The first-order chi connectivity index (χ1) is 13.4. The number of hydrogen-bond donors (Lipinski definition) is 1. The topological polar surface area (TPSA) is 83.1 Å². The summed E-state index contributed by atoms with van der Waals surface area (Å²) in [5, 5.41) is 2.94. The lowest BCUT2D eigenvalue weighted by Gasteiger charge is -2.14. The van der Waals surface area contributed by atoms with Crippen LogP contribution < -0.4 is 19.5 Å². The van der Waals surface area contributed by atoms with Gasteiger partial charge in [0.25, 0.3) is 5.91 Å². The van der Waals surface area contributed by atoms with E-state index in [1.54, 1.807) is 24.3 Å². The van der Waals surface area contributed by atoms with E-state index in [2.05, 4.69) is 5.32 Å². The van der Waals surface area contributed by atoms with Crippen molar-refractivity contribution in [3.05, 3.63) is 51.5 Å². The molecular weight excluding hydrogens is 409 g/mol. The van der Waals surface area contributed by atoms with Crippen LogP contribution >= 0.6 is 23.2 Å². The van der Waals surface area contributed by atoms with Crippen LogP contribution in [-0.4, -0.2) is 39.8 Å². The molecule has 0 saturated carbocycles. The minimum Gasteiger partial charge on any atom is -0.496 e. The van der Waals surface area contributed by atoms with Crippen molar-refractivity contribution in [2.45, 2.75) is 6.54 Å². The van der Waals surface area contributed by atoms with Crippen molar-refractivity contribution in [3.63, 3.8) is 0 Å². The van der Waals surface area contributed by atoms with Crippen LogP contribution in [0.5, 0.6) is 17.2 Å². The number of halogens is 2. The first-order valence-corrected chi connectivity index (χ1v) is 8.83. The number of rotatable bonds is 8. The molecule has 0 aliphatic rings. The minimum absolute atomic E-state index is 0.0737. The maximum absolute atomic E-state index is 12.1. The Morgan fingerprint density at radius 3 is 2.25 bits per heavy atom. The maximum atomic E-state index is 12.1. The summed E-state index contributed by atoms with van der Waals surface area (Å²) >= 11 is 11.8. The second-order valence-corrected chi connectivity index (χ2v) is 6.26. The van der Waals surface area contributed by atoms with Crippen molar-refractivity contribution in [1.29, 1.82) is 0 Å². The van der Waals surface area contributed by atoms with Crippen LogP contribution in [-0.2, 0) is 16.1 Å². The van der Waals surface area contributed by atoms with Crippen LogP contribution in [0.3, 0.4) is 0 Å². The molecule has 0 unspecified atom stereocenters. The van der Waals surface area contributed by atoms with Gasteiger partial charge in [-0.3, -0.25) is 4.79 Å². The Hall–Kier alpha value is -2.64. The van der Waals surface area contributed by atoms with E-state index in [1.807, 2.05) is 0 Å². The highest BCUT2D eigenvalue weighted by molar-refractivity contribution is 6.43. The lowest BCUT2D eigenvalue weighted by atomic mass is 10.1. The van der Waals surface area contributed by atoms with Gasteiger partial charge in [0.05, 0.1) is 36.9 Å². The van der Waals surface area contributed by atoms with Gasteiger partial charge in [-0.2, -0.15) is 0 Å². The van der Waals surface area contributed by atoms with Crippen molar-refractivity contribution < 1.29 is 28.5 Å². The highest BCUT2D eigenvalue weighted by Crippen LogP contribution is 2.34. The van der Waals surface area contributed by atoms with Crippen LogP contribution in [0.2, 0.25) is 10.0 Å². The smallest absolute Gasteiger partial charge is 0.340 e. The number of hydrogen-bond acceptors (Lipinski definition) is 6. The molecule has 7 nitrogen and oxygen atoms in total. The monoisotopic (exact) mass is 427 g/mol. The highest BCUT2D eigenvalue weighted by atomic mass is 35.5. The van der Waals surface area contributed by atoms with Crippen molar-refractivity contribution >= 4 is 35.1 Å². The number of nitrogens with one attached hydrogen (secondary N) is 1. The summed E-state index contributed by atoms with van der Waals surface area (Å²) in [4.78, 5) is 24.1. The van der Waals surface area contributed by atoms with Gasteiger partial charge in [-0.1, -0.05) is 29.3 Å². The third-order valence-electron chi connectivity index (χ3n) is 3.77. The Morgan fingerprint density at radius 1 is 0.964 bits per heavy atom. The second kappa shape index (κ2) is 10.1. The molecule has 0 aromatic heterocycles. The van der Waals surface area contributed by atoms with Gasteiger partial charge in [-0.15, -0.1) is 0 Å². The molecule has 0 radical (unpaired) electrons. The molecule has 2 rings (SSSR count). The second-order valence-electron chi connectivity index (χ2n) is 5.47. The molecule has 0 bridgehead atoms. The number of esters is 1. The average molecular weight is 428 g/mol. The van der Waals surface area contributed by atoms with Crippen LogP contribution in [0, 0.1) is 0 Å². The van der Waals surface area contributed by atoms with E-state index in [0.29, 0.717) is 22.8 Å². The molecule has 2 aromatic carbocycles. The van der Waals surface area contributed by atoms with Crippen molar-refractivity contribution in [1.82, 2.24) is 5.32 Å². The minimum atomic E-state index is -0.744. The first kappa shape index (κ1) is 21.7. The van der Waals surface area contributed by atoms with Crippen molar-refractivity contribution in [3.8, 4) is 17.2 Å². The van der Waals surface area contributed by atoms with Crippen LogP contribution in [0.15, 0.2) is 30.3 Å². The van der Waals surface area contributed by atoms with E-state index in [0.717, 1.165) is 0 Å². The fourth-order valence-electron chi connectivity index (χ4n) is 2.35. The Kier molecular flexibility index (Phi) is 7.78. The fraction of sp³-hybridized carbons (Fsp3) is 0.263. The Balaban J connectivity index is 1.97. The lowest BCUT2D eigenvalue weighted by Crippen LogP contribution is -2.28. The molecule has 2 aromatic rings. The largest absolute Gasteiger partial charge is 0.496 e. The van der Waals surface area contributed by atoms with Gasteiger partial charge in [0.15, 0.2) is 18.1 Å². The molecule has 0 heterocycles. The predicted molar refractivity (Wildman–Crippen MR) is 105 cm³/mol. The molecule has 0 aliphatic carbocycles. The Morgan fingerprint density at radius 2 is 1.61 bits per heavy atom. The zero-order valence-corrected chi connectivity index (χ0v) is 17.0. The number of methoxy groups -OCH3 is 3. The van der Waals surface area contributed by atoms with E-state index in [-0.39, 0.29) is 22.2 Å². The fourth-order valence-corrected chi connectivity index (χ4v) is 2.72. The Bertz CT molecular complexity index is 872. The SMILES string of the molecule is COc1cc(OC)c(OC)cc1CNC(=O)COC(=O)c1cccc(Cl)c1Cl. The summed E-state index contributed by atoms with van der Waals surface area (Å²) in [7, 11) is 4.52. The molecule has 1 N–H and O–H groups in total. The Labute approximate surface area is 172 Å². The van der Waals surface area contributed by atoms with E-state index >= 15 is 0 Å². The summed E-state index contributed by atoms with van der Waals surface area (Å²) in [5.74, 6) is 0.270. The quantitative estimate of drug-likeness (QED) is 0.649. The van der Waals surface area contributed by atoms with Crippen LogP contribution in [0.4, 0.5) is 0 Å². The van der Waals surface area contributed by atoms with Crippen LogP contribution in [0.25, 0.3) is 0 Å². The number of ether oxygens (including phenoxy) is 4. The summed E-state index contributed by atoms with van der Waals surface area (Å²) < 4.78 is 20.7. The van der Waals surface area contributed by atoms with Gasteiger partial charge in [0, 0.05) is 18.2 Å². The molecule has 0 spiro atoms. The van der Waals surface area contributed by atoms with E-state index in [4.69, 9.17) is 42.1 Å². The molecule has 28 heavy (non-hydrogen) atoms. The molecule has 150 valence electrons. The molecule has 9 heteroatoms. The molecule has 0 fully saturated rings. The van der Waals surface area contributed by atoms with Gasteiger partial charge in [0.1, 0.15) is 5.75 Å². The third-order valence-corrected chi connectivity index (χ3v) is 4.59. The molecular formula is C19H19Cl2NO6. The van der Waals surface area contributed by atoms with Crippen LogP contribution in [0.1, 0.15) is 15.9 Å². The van der Waals surface area contributed by atoms with E-state index in [1.165, 1.54) is 27.4 Å². The molecule has 1 amide bonds. The van der Waals surface area contributed by atoms with Gasteiger partial charge in [-0.05, 0) is 18.2 Å². The van der Waals surface area contributed by atoms with E-state index in [9.17, 15) is 9.59 Å². The lowest BCUT2D eigenvalue weighted by molar-refractivity contribution is -0.124. The summed E-state index contributed by atoms with van der Waals surface area (Å²) in [6.07, 6.45) is 0. The molecule has 0 aliphatic heterocycles. The van der Waals surface area contributed by atoms with Crippen molar-refractivity contribution in [2.75, 3.05) is 27.9 Å². The van der Waals surface area contributed by atoms with E-state index < -0.39 is 18.5 Å². The summed E-state index contributed by atoms with van der Waals surface area (Å²) in [6, 6.07) is 7.91. The third kappa shape index (κ3) is 5.21. The normalized spacial score (nSPS) is 10.2. The predicted octanol–water partition coefficient (Wildman–Crippen LogP) is 3.49. The standard InChI is InChI=1S/C19H19Cl2NO6/c1-25-14-8-16(27-3)15(26-2)7-11(14)9-22-17(23)10-28-19(24)12-5-4-6-13(20)18(12)21/h4-8H,9-10H2,1-3H3,(H,22,23). The van der Waals surface area contributed by atoms with Gasteiger partial charge >= 0.3 is 5.97 Å². The zero-order chi connectivity index (χ0) is 20.7. The summed E-state index contributed by atoms with van der Waals surface area (Å²) in [6.45, 7) is -0.338. The summed E-state index contributed by atoms with van der Waals surface area (Å²) in [5.41, 5.74) is 0.751. The van der Waals surface area contributed by atoms with Gasteiger partial charge < -0.3 is 24.3 Å².